The van der Waals surface area contributed by atoms with Gasteiger partial charge in [-0.25, -0.2) is 19.8 Å². The summed E-state index contributed by atoms with van der Waals surface area (Å²) in [5.41, 5.74) is 17.3. The number of rotatable bonds is 6. The number of carbonyl (C=O) groups is 4. The predicted molar refractivity (Wildman–Crippen MR) is 192 cm³/mol. The van der Waals surface area contributed by atoms with Crippen molar-refractivity contribution in [1.29, 1.82) is 0 Å². The number of nitrogens with zero attached hydrogens (tertiary/aromatic N) is 4. The quantitative estimate of drug-likeness (QED) is 0.136. The molecule has 0 saturated heterocycles. The lowest BCUT2D eigenvalue weighted by atomic mass is 10.00. The molecule has 2 aliphatic rings. The van der Waals surface area contributed by atoms with Crippen LogP contribution >= 0.6 is 0 Å². The summed E-state index contributed by atoms with van der Waals surface area (Å²) >= 11 is 0. The zero-order chi connectivity index (χ0) is 35.7. The fraction of sp³-hybridized carbons (Fsp3) is 0. The average molecular weight is 685 g/mol. The number of nitrogen functional groups attached to an aromatic ring is 2. The maximum absolute atomic E-state index is 14.2. The van der Waals surface area contributed by atoms with Gasteiger partial charge in [0.1, 0.15) is 12.5 Å². The molecule has 250 valence electrons. The van der Waals surface area contributed by atoms with Gasteiger partial charge in [0, 0.05) is 11.4 Å². The molecule has 12 nitrogen and oxygen atoms in total. The topological polar surface area (TPSA) is 179 Å². The fourth-order valence-corrected chi connectivity index (χ4v) is 6.63. The second kappa shape index (κ2) is 11.5. The number of amides is 4. The van der Waals surface area contributed by atoms with Gasteiger partial charge in [0.05, 0.1) is 57.1 Å². The van der Waals surface area contributed by atoms with Crippen LogP contribution in [0.4, 0.5) is 22.7 Å². The number of nitrogens with two attached hydrogens (primary N) is 2. The molecule has 9 rings (SSSR count). The van der Waals surface area contributed by atoms with Gasteiger partial charge in [-0.05, 0) is 82.9 Å². The van der Waals surface area contributed by atoms with Gasteiger partial charge >= 0.3 is 0 Å². The van der Waals surface area contributed by atoms with Crippen molar-refractivity contribution in [1.82, 2.24) is 9.97 Å². The maximum Gasteiger partial charge on any atom is 0.266 e. The van der Waals surface area contributed by atoms with Gasteiger partial charge in [-0.2, -0.15) is 0 Å². The van der Waals surface area contributed by atoms with Crippen molar-refractivity contribution in [3.63, 3.8) is 0 Å². The molecule has 7 aromatic rings. The lowest BCUT2D eigenvalue weighted by Gasteiger charge is -2.23. The Kier molecular flexibility index (Phi) is 6.73. The van der Waals surface area contributed by atoms with Crippen LogP contribution in [0.2, 0.25) is 0 Å². The summed E-state index contributed by atoms with van der Waals surface area (Å²) in [4.78, 5) is 67.2. The van der Waals surface area contributed by atoms with Crippen molar-refractivity contribution in [3.8, 4) is 45.2 Å². The summed E-state index contributed by atoms with van der Waals surface area (Å²) < 4.78 is 11.4. The largest absolute Gasteiger partial charge is 0.444 e. The monoisotopic (exact) mass is 684 g/mol. The van der Waals surface area contributed by atoms with Crippen molar-refractivity contribution in [3.05, 3.63) is 144 Å². The molecule has 0 saturated carbocycles. The van der Waals surface area contributed by atoms with Crippen LogP contribution in [-0.4, -0.2) is 33.6 Å². The molecule has 0 unspecified atom stereocenters. The lowest BCUT2D eigenvalue weighted by molar-refractivity contribution is 0.0909. The first-order chi connectivity index (χ1) is 25.3. The number of imide groups is 2. The number of carbonyl (C=O) groups excluding carboxylic acids is 4. The summed E-state index contributed by atoms with van der Waals surface area (Å²) in [6.07, 6.45) is 5.48. The van der Waals surface area contributed by atoms with Gasteiger partial charge in [0.15, 0.2) is 0 Å². The molecule has 0 spiro atoms. The van der Waals surface area contributed by atoms with Crippen LogP contribution in [-0.2, 0) is 0 Å². The van der Waals surface area contributed by atoms with Gasteiger partial charge in [-0.3, -0.25) is 19.2 Å². The average Bonchev–Trinajstić information content (AvgIpc) is 3.98. The SMILES string of the molecule is Nc1ccc(-c2ccc3c(c2)C(=O)N(c2cc(-c4ncco4)c(N4C(=O)c5ccc(-c6ccc(N)cc6)cc5C4=O)cc2-c2ncco2)C3=O)cc1. The third kappa shape index (κ3) is 4.70. The predicted octanol–water partition coefficient (Wildman–Crippen LogP) is 7.10. The molecular formula is C40H24N6O6. The lowest BCUT2D eigenvalue weighted by Crippen LogP contribution is -2.32. The number of hydrogen-bond acceptors (Lipinski definition) is 10. The summed E-state index contributed by atoms with van der Waals surface area (Å²) in [5.74, 6) is -2.27. The molecule has 52 heavy (non-hydrogen) atoms. The number of fused-ring (bicyclic) bond motifs is 2. The number of oxazole rings is 2. The van der Waals surface area contributed by atoms with Crippen molar-refractivity contribution in [2.75, 3.05) is 21.3 Å². The molecule has 0 aliphatic carbocycles. The molecule has 12 heteroatoms. The molecule has 2 aromatic heterocycles. The zero-order valence-electron chi connectivity index (χ0n) is 26.9. The first kappa shape index (κ1) is 30.5. The van der Waals surface area contributed by atoms with Crippen LogP contribution in [0.15, 0.2) is 131 Å². The van der Waals surface area contributed by atoms with E-state index >= 15 is 0 Å². The second-order valence-electron chi connectivity index (χ2n) is 12.2. The first-order valence-electron chi connectivity index (χ1n) is 16.0. The van der Waals surface area contributed by atoms with E-state index in [9.17, 15) is 19.2 Å². The molecule has 0 fully saturated rings. The second-order valence-corrected chi connectivity index (χ2v) is 12.2. The fourth-order valence-electron chi connectivity index (χ4n) is 6.63. The number of aromatic nitrogens is 2. The minimum absolute atomic E-state index is 0.0385. The number of hydrogen-bond donors (Lipinski definition) is 2. The summed E-state index contributed by atoms with van der Waals surface area (Å²) in [6.45, 7) is 0. The van der Waals surface area contributed by atoms with Crippen LogP contribution in [0.25, 0.3) is 45.2 Å². The van der Waals surface area contributed by atoms with Crippen molar-refractivity contribution >= 4 is 46.4 Å². The minimum Gasteiger partial charge on any atom is -0.444 e. The van der Waals surface area contributed by atoms with E-state index in [-0.39, 0.29) is 56.5 Å². The van der Waals surface area contributed by atoms with E-state index in [1.165, 1.54) is 37.1 Å². The van der Waals surface area contributed by atoms with Crippen molar-refractivity contribution in [2.24, 2.45) is 0 Å². The third-order valence-corrected chi connectivity index (χ3v) is 9.18. The van der Waals surface area contributed by atoms with E-state index in [4.69, 9.17) is 20.3 Å². The Labute approximate surface area is 294 Å². The Morgan fingerprint density at radius 2 is 0.788 bits per heavy atom. The summed E-state index contributed by atoms with van der Waals surface area (Å²) in [7, 11) is 0. The van der Waals surface area contributed by atoms with Crippen LogP contribution in [0.1, 0.15) is 41.4 Å². The van der Waals surface area contributed by atoms with Crippen LogP contribution in [0.3, 0.4) is 0 Å². The standard InChI is InChI=1S/C40H24N6O6/c41-25-7-1-21(2-8-25)23-5-11-27-29(17-23)39(49)45(37(27)47)33-19-32(36-44-14-16-52-36)34(20-31(33)35-43-13-15-51-35)46-38(48)28-12-6-24(18-30(28)40(46)50)22-3-9-26(42)10-4-22/h1-20H,41-42H2. The Hall–Kier alpha value is -7.60. The minimum atomic E-state index is -0.591. The van der Waals surface area contributed by atoms with Crippen molar-refractivity contribution < 1.29 is 28.0 Å². The molecule has 5 aromatic carbocycles. The van der Waals surface area contributed by atoms with Crippen molar-refractivity contribution in [2.45, 2.75) is 0 Å². The Balaban J connectivity index is 1.18. The maximum atomic E-state index is 14.2. The van der Waals surface area contributed by atoms with Gasteiger partial charge < -0.3 is 20.3 Å². The zero-order valence-corrected chi connectivity index (χ0v) is 26.9. The highest BCUT2D eigenvalue weighted by atomic mass is 16.3. The van der Waals surface area contributed by atoms with E-state index in [0.717, 1.165) is 32.1 Å². The Morgan fingerprint density at radius 3 is 1.15 bits per heavy atom. The van der Waals surface area contributed by atoms with Crippen LogP contribution < -0.4 is 21.3 Å². The third-order valence-electron chi connectivity index (χ3n) is 9.18. The first-order valence-corrected chi connectivity index (χ1v) is 16.0. The molecule has 0 radical (unpaired) electrons. The summed E-state index contributed by atoms with van der Waals surface area (Å²) in [6, 6.07) is 27.3. The van der Waals surface area contributed by atoms with E-state index < -0.39 is 23.6 Å². The Morgan fingerprint density at radius 1 is 0.423 bits per heavy atom. The van der Waals surface area contributed by atoms with Crippen LogP contribution in [0.5, 0.6) is 0 Å². The highest BCUT2D eigenvalue weighted by molar-refractivity contribution is 6.37. The van der Waals surface area contributed by atoms with Gasteiger partial charge in [-0.15, -0.1) is 0 Å². The molecular weight excluding hydrogens is 660 g/mol. The van der Waals surface area contributed by atoms with Gasteiger partial charge in [0.25, 0.3) is 23.6 Å². The van der Waals surface area contributed by atoms with Crippen LogP contribution in [0, 0.1) is 0 Å². The molecule has 0 atom stereocenters. The van der Waals surface area contributed by atoms with E-state index in [0.29, 0.717) is 11.4 Å². The van der Waals surface area contributed by atoms with E-state index in [2.05, 4.69) is 9.97 Å². The number of anilines is 4. The highest BCUT2D eigenvalue weighted by Gasteiger charge is 2.42. The molecule has 2 aliphatic heterocycles. The van der Waals surface area contributed by atoms with E-state index in [1.54, 1.807) is 60.7 Å². The normalized spacial score (nSPS) is 13.6. The smallest absolute Gasteiger partial charge is 0.266 e. The van der Waals surface area contributed by atoms with E-state index in [1.807, 2.05) is 24.3 Å². The highest BCUT2D eigenvalue weighted by Crippen LogP contribution is 2.45. The summed E-state index contributed by atoms with van der Waals surface area (Å²) in [5, 5.41) is 0. The molecule has 0 bridgehead atoms. The van der Waals surface area contributed by atoms with Gasteiger partial charge in [-0.1, -0.05) is 36.4 Å². The number of benzene rings is 5. The molecule has 4 heterocycles. The molecule has 4 N–H and O–H groups in total. The van der Waals surface area contributed by atoms with Gasteiger partial charge in [0.2, 0.25) is 11.8 Å². The molecule has 4 amide bonds. The Bertz CT molecular complexity index is 2430.